The summed E-state index contributed by atoms with van der Waals surface area (Å²) in [6.07, 6.45) is 0. The molecule has 0 aromatic rings. The summed E-state index contributed by atoms with van der Waals surface area (Å²) in [5.41, 5.74) is 0. The van der Waals surface area contributed by atoms with Crippen molar-refractivity contribution in [3.8, 4) is 0 Å². The predicted octanol–water partition coefficient (Wildman–Crippen LogP) is -0.0125. The summed E-state index contributed by atoms with van der Waals surface area (Å²) in [7, 11) is 0. The molecule has 2 radical (unpaired) electrons. The molecule has 0 saturated heterocycles. The fourth-order valence-corrected chi connectivity index (χ4v) is 0. The molecule has 0 aliphatic carbocycles. The molecule has 0 saturated carbocycles. The molecule has 0 atom stereocenters. The van der Waals surface area contributed by atoms with Gasteiger partial charge in [0, 0.05) is 88.4 Å². The van der Waals surface area contributed by atoms with Crippen LogP contribution in [0.25, 0.3) is 0 Å². The van der Waals surface area contributed by atoms with E-state index in [0.717, 1.165) is 0 Å². The van der Waals surface area contributed by atoms with E-state index < -0.39 is 0 Å². The van der Waals surface area contributed by atoms with Gasteiger partial charge in [0.25, 0.3) is 0 Å². The Bertz CT molecular complexity index is 11.6. The van der Waals surface area contributed by atoms with Crippen LogP contribution < -0.4 is 0 Å². The van der Waals surface area contributed by atoms with Crippen molar-refractivity contribution in [1.82, 2.24) is 0 Å². The van der Waals surface area contributed by atoms with Gasteiger partial charge in [-0.2, -0.15) is 0 Å². The van der Waals surface area contributed by atoms with Gasteiger partial charge < -0.3 is 0 Å². The van der Waals surface area contributed by atoms with Crippen molar-refractivity contribution in [2.45, 2.75) is 0 Å². The average Bonchev–Trinajstić information content (AvgIpc) is 0. The summed E-state index contributed by atoms with van der Waals surface area (Å²) in [5, 5.41) is 0. The van der Waals surface area contributed by atoms with Crippen molar-refractivity contribution in [2.24, 2.45) is 0 Å². The molecule has 0 spiro atoms. The van der Waals surface area contributed by atoms with Crippen molar-refractivity contribution >= 4 is 0 Å². The Morgan fingerprint density at radius 2 is 1.00 bits per heavy atom. The summed E-state index contributed by atoms with van der Waals surface area (Å²) >= 11 is 0. The van der Waals surface area contributed by atoms with Gasteiger partial charge in [0.1, 0.15) is 0 Å². The number of rotatable bonds is 0. The van der Waals surface area contributed by atoms with Crippen molar-refractivity contribution in [2.75, 3.05) is 0 Å². The van der Waals surface area contributed by atoms with Gasteiger partial charge in [0.2, 0.25) is 0 Å². The van der Waals surface area contributed by atoms with Crippen LogP contribution in [0.2, 0.25) is 0 Å². The molecule has 0 aromatic heterocycles. The van der Waals surface area contributed by atoms with Crippen LogP contribution in [-0.2, 0) is 88.4 Å². The Hall–Kier alpha value is 2.73. The Labute approximate surface area is 87.2 Å². The average molecular weight is 290 g/mol. The van der Waals surface area contributed by atoms with Crippen LogP contribution in [0.5, 0.6) is 0 Å². The maximum Gasteiger partial charge on any atom is 0 e. The van der Waals surface area contributed by atoms with Crippen molar-refractivity contribution in [3.05, 3.63) is 0 Å². The topological polar surface area (TPSA) is 0 Å². The van der Waals surface area contributed by atoms with Gasteiger partial charge in [-0.15, -0.1) is 0 Å². The Morgan fingerprint density at radius 3 is 1.00 bits per heavy atom. The minimum absolute atomic E-state index is 0. The second kappa shape index (κ2) is 29.7. The van der Waals surface area contributed by atoms with Crippen LogP contribution in [0.1, 0.15) is 0 Å². The van der Waals surface area contributed by atoms with Gasteiger partial charge in [-0.25, -0.2) is 0 Å². The van der Waals surface area contributed by atoms with E-state index in [1.165, 1.54) is 0 Å². The molecule has 5 heavy (non-hydrogen) atoms. The molecule has 0 fully saturated rings. The number of hydrogen-bond acceptors (Lipinski definition) is 0. The first kappa shape index (κ1) is 47.0. The summed E-state index contributed by atoms with van der Waals surface area (Å²) in [6.45, 7) is 0. The second-order valence-electron chi connectivity index (χ2n) is 0. The zero-order valence-electron chi connectivity index (χ0n) is 2.16. The van der Waals surface area contributed by atoms with Gasteiger partial charge >= 0.3 is 0 Å². The van der Waals surface area contributed by atoms with Gasteiger partial charge in [-0.3, -0.25) is 0 Å². The van der Waals surface area contributed by atoms with E-state index in [9.17, 15) is 0 Å². The molecule has 0 bridgehead atoms. The third-order valence-corrected chi connectivity index (χ3v) is 0. The van der Waals surface area contributed by atoms with Crippen LogP contribution in [0.15, 0.2) is 0 Å². The minimum Gasteiger partial charge on any atom is 0 e. The van der Waals surface area contributed by atoms with Gasteiger partial charge in [0.05, 0.1) is 0 Å². The van der Waals surface area contributed by atoms with Crippen LogP contribution in [0.3, 0.4) is 0 Å². The smallest absolute Gasteiger partial charge is 0 e. The first-order valence-electron chi connectivity index (χ1n) is 0. The van der Waals surface area contributed by atoms with Crippen LogP contribution in [-0.4, -0.2) is 0 Å². The van der Waals surface area contributed by atoms with E-state index >= 15 is 0 Å². The first-order valence-corrected chi connectivity index (χ1v) is 0. The van der Waals surface area contributed by atoms with E-state index in [4.69, 9.17) is 0 Å². The molecular formula is CoFeNiVZn. The second-order valence-corrected chi connectivity index (χ2v) is 0. The summed E-state index contributed by atoms with van der Waals surface area (Å²) < 4.78 is 0. The van der Waals surface area contributed by atoms with Crippen molar-refractivity contribution in [1.29, 1.82) is 0 Å². The maximum atomic E-state index is 0. The van der Waals surface area contributed by atoms with Crippen LogP contribution in [0, 0.1) is 0 Å². The molecule has 0 unspecified atom stereocenters. The quantitative estimate of drug-likeness (QED) is 0.550. The molecule has 0 N–H and O–H groups in total. The fourth-order valence-electron chi connectivity index (χ4n) is 0. The SMILES string of the molecule is [Co].[Fe].[Ni].[V].[Zn]. The molecule has 0 heterocycles. The summed E-state index contributed by atoms with van der Waals surface area (Å²) in [4.78, 5) is 0. The van der Waals surface area contributed by atoms with Gasteiger partial charge in [0.15, 0.2) is 0 Å². The van der Waals surface area contributed by atoms with Crippen molar-refractivity contribution in [3.63, 3.8) is 0 Å². The molecule has 0 nitrogen and oxygen atoms in total. The molecular weight excluding hydrogens is 290 g/mol. The largest absolute Gasteiger partial charge is 0 e. The van der Waals surface area contributed by atoms with E-state index in [0.29, 0.717) is 0 Å². The van der Waals surface area contributed by atoms with Gasteiger partial charge in [-0.1, -0.05) is 0 Å². The summed E-state index contributed by atoms with van der Waals surface area (Å²) in [5.74, 6) is 0. The predicted molar refractivity (Wildman–Crippen MR) is 0 cm³/mol. The normalized spacial score (nSPS) is 0. The Kier molecular flexibility index (Phi) is 279. The number of hydrogen-bond donors (Lipinski definition) is 0. The standard InChI is InChI=1S/Co.Fe.Ni.V.Zn. The van der Waals surface area contributed by atoms with E-state index in [-0.39, 0.29) is 88.4 Å². The summed E-state index contributed by atoms with van der Waals surface area (Å²) in [6, 6.07) is 0. The molecule has 5 heteroatoms. The van der Waals surface area contributed by atoms with E-state index in [1.807, 2.05) is 0 Å². The fraction of sp³-hybridized carbons (Fsp3) is 0. The van der Waals surface area contributed by atoms with E-state index in [2.05, 4.69) is 0 Å². The Balaban J connectivity index is 0. The maximum absolute atomic E-state index is 0. The Morgan fingerprint density at radius 1 is 1.00 bits per heavy atom. The molecule has 34 valence electrons. The minimum atomic E-state index is 0. The van der Waals surface area contributed by atoms with Crippen molar-refractivity contribution < 1.29 is 88.4 Å². The van der Waals surface area contributed by atoms with Gasteiger partial charge in [-0.05, 0) is 0 Å². The third-order valence-electron chi connectivity index (χ3n) is 0. The molecule has 0 aliphatic heterocycles. The first-order chi connectivity index (χ1) is 0. The third kappa shape index (κ3) is 20.2. The van der Waals surface area contributed by atoms with Crippen LogP contribution in [0.4, 0.5) is 0 Å². The molecule has 0 rings (SSSR count). The zero-order chi connectivity index (χ0) is 0. The van der Waals surface area contributed by atoms with E-state index in [1.54, 1.807) is 0 Å². The molecule has 0 aromatic carbocycles. The molecule has 0 amide bonds. The van der Waals surface area contributed by atoms with Crippen LogP contribution >= 0.6 is 0 Å². The molecule has 0 aliphatic rings. The monoisotopic (exact) mass is 288 g/mol. The zero-order valence-corrected chi connectivity index (χ0v) is 9.65.